The molecule has 2 N–H and O–H groups in total. The van der Waals surface area contributed by atoms with E-state index in [0.717, 1.165) is 30.3 Å². The topological polar surface area (TPSA) is 59.2 Å². The van der Waals surface area contributed by atoms with Gasteiger partial charge < -0.3 is 10.6 Å². The van der Waals surface area contributed by atoms with Gasteiger partial charge in [0.2, 0.25) is 5.91 Å². The van der Waals surface area contributed by atoms with Gasteiger partial charge in [0.1, 0.15) is 0 Å². The van der Waals surface area contributed by atoms with Crippen molar-refractivity contribution >= 4 is 23.4 Å². The molecule has 1 aliphatic rings. The number of thioether (sulfide) groups is 1. The van der Waals surface area contributed by atoms with Crippen LogP contribution in [0.2, 0.25) is 0 Å². The van der Waals surface area contributed by atoms with Gasteiger partial charge in [-0.1, -0.05) is 0 Å². The van der Waals surface area contributed by atoms with Crippen molar-refractivity contribution in [1.29, 1.82) is 0 Å². The molecule has 1 aliphatic heterocycles. The highest BCUT2D eigenvalue weighted by atomic mass is 32.2. The summed E-state index contributed by atoms with van der Waals surface area (Å²) in [5, 5.41) is 0. The number of rotatable bonds is 2. The lowest BCUT2D eigenvalue weighted by molar-refractivity contribution is -0.130. The van der Waals surface area contributed by atoms with Crippen molar-refractivity contribution in [3.05, 3.63) is 24.0 Å². The summed E-state index contributed by atoms with van der Waals surface area (Å²) < 4.78 is 0. The van der Waals surface area contributed by atoms with E-state index in [0.29, 0.717) is 12.1 Å². The second-order valence-electron chi connectivity index (χ2n) is 3.75. The fourth-order valence-electron chi connectivity index (χ4n) is 1.62. The fraction of sp³-hybridized carbons (Fsp3) is 0.455. The predicted molar refractivity (Wildman–Crippen MR) is 66.3 cm³/mol. The molecule has 86 valence electrons. The van der Waals surface area contributed by atoms with Gasteiger partial charge in [-0.3, -0.25) is 9.78 Å². The van der Waals surface area contributed by atoms with Crippen LogP contribution in [0.5, 0.6) is 0 Å². The third kappa shape index (κ3) is 2.88. The van der Waals surface area contributed by atoms with Crippen LogP contribution in [0, 0.1) is 0 Å². The van der Waals surface area contributed by atoms with E-state index < -0.39 is 0 Å². The zero-order valence-electron chi connectivity index (χ0n) is 9.06. The maximum Gasteiger partial charge on any atom is 0.228 e. The molecule has 5 heteroatoms. The predicted octanol–water partition coefficient (Wildman–Crippen LogP) is 0.782. The standard InChI is InChI=1S/C11H15N3OS/c12-9-1-2-10(13-8-9)7-11(15)14-3-5-16-6-4-14/h1-2,8H,3-7,12H2. The maximum absolute atomic E-state index is 11.9. The van der Waals surface area contributed by atoms with Crippen molar-refractivity contribution < 1.29 is 4.79 Å². The Kier molecular flexibility index (Phi) is 3.66. The summed E-state index contributed by atoms with van der Waals surface area (Å²) in [4.78, 5) is 17.9. The second-order valence-corrected chi connectivity index (χ2v) is 4.98. The van der Waals surface area contributed by atoms with E-state index in [9.17, 15) is 4.79 Å². The molecule has 0 aromatic carbocycles. The van der Waals surface area contributed by atoms with Crippen LogP contribution in [0.25, 0.3) is 0 Å². The van der Waals surface area contributed by atoms with E-state index in [1.165, 1.54) is 0 Å². The number of pyridine rings is 1. The molecular weight excluding hydrogens is 222 g/mol. The lowest BCUT2D eigenvalue weighted by Crippen LogP contribution is -2.38. The van der Waals surface area contributed by atoms with Crippen molar-refractivity contribution in [3.63, 3.8) is 0 Å². The molecule has 0 aliphatic carbocycles. The monoisotopic (exact) mass is 237 g/mol. The molecule has 16 heavy (non-hydrogen) atoms. The van der Waals surface area contributed by atoms with Crippen LogP contribution < -0.4 is 5.73 Å². The Morgan fingerprint density at radius 3 is 2.81 bits per heavy atom. The first-order valence-electron chi connectivity index (χ1n) is 5.31. The van der Waals surface area contributed by atoms with Gasteiger partial charge in [-0.2, -0.15) is 11.8 Å². The Hall–Kier alpha value is -1.23. The zero-order valence-corrected chi connectivity index (χ0v) is 9.87. The first-order valence-corrected chi connectivity index (χ1v) is 6.47. The summed E-state index contributed by atoms with van der Waals surface area (Å²) in [6, 6.07) is 3.59. The SMILES string of the molecule is Nc1ccc(CC(=O)N2CCSCC2)nc1. The number of nitrogen functional groups attached to an aromatic ring is 1. The van der Waals surface area contributed by atoms with Gasteiger partial charge in [-0.15, -0.1) is 0 Å². The molecule has 1 amide bonds. The molecule has 0 saturated carbocycles. The van der Waals surface area contributed by atoms with Crippen molar-refractivity contribution in [1.82, 2.24) is 9.88 Å². The summed E-state index contributed by atoms with van der Waals surface area (Å²) in [5.41, 5.74) is 6.96. The minimum Gasteiger partial charge on any atom is -0.397 e. The molecule has 0 spiro atoms. The number of nitrogens with zero attached hydrogens (tertiary/aromatic N) is 2. The number of amides is 1. The van der Waals surface area contributed by atoms with Crippen molar-refractivity contribution in [2.24, 2.45) is 0 Å². The van der Waals surface area contributed by atoms with Gasteiger partial charge in [-0.25, -0.2) is 0 Å². The quantitative estimate of drug-likeness (QED) is 0.826. The molecule has 1 aromatic rings. The summed E-state index contributed by atoms with van der Waals surface area (Å²) in [6.45, 7) is 1.72. The van der Waals surface area contributed by atoms with E-state index >= 15 is 0 Å². The maximum atomic E-state index is 11.9. The first kappa shape index (κ1) is 11.3. The summed E-state index contributed by atoms with van der Waals surface area (Å²) >= 11 is 1.90. The van der Waals surface area contributed by atoms with Crippen LogP contribution in [0.1, 0.15) is 5.69 Å². The fourth-order valence-corrected chi connectivity index (χ4v) is 2.52. The first-order chi connectivity index (χ1) is 7.75. The molecular formula is C11H15N3OS. The largest absolute Gasteiger partial charge is 0.397 e. The molecule has 0 radical (unpaired) electrons. The van der Waals surface area contributed by atoms with Crippen LogP contribution in [-0.2, 0) is 11.2 Å². The molecule has 2 heterocycles. The summed E-state index contributed by atoms with van der Waals surface area (Å²) in [7, 11) is 0. The molecule has 1 aromatic heterocycles. The van der Waals surface area contributed by atoms with Gasteiger partial charge in [0.05, 0.1) is 18.3 Å². The highest BCUT2D eigenvalue weighted by molar-refractivity contribution is 7.99. The van der Waals surface area contributed by atoms with Gasteiger partial charge in [0, 0.05) is 30.3 Å². The van der Waals surface area contributed by atoms with Crippen molar-refractivity contribution in [2.45, 2.75) is 6.42 Å². The molecule has 1 fully saturated rings. The Labute approximate surface area is 99.2 Å². The van der Waals surface area contributed by atoms with E-state index in [1.54, 1.807) is 12.3 Å². The minimum atomic E-state index is 0.164. The van der Waals surface area contributed by atoms with E-state index in [4.69, 9.17) is 5.73 Å². The molecule has 2 rings (SSSR count). The lowest BCUT2D eigenvalue weighted by atomic mass is 10.2. The van der Waals surface area contributed by atoms with Gasteiger partial charge in [0.15, 0.2) is 0 Å². The molecule has 0 bridgehead atoms. The highest BCUT2D eigenvalue weighted by Gasteiger charge is 2.17. The molecule has 0 atom stereocenters. The number of anilines is 1. The van der Waals surface area contributed by atoms with Crippen molar-refractivity contribution in [2.75, 3.05) is 30.3 Å². The van der Waals surface area contributed by atoms with E-state index in [1.807, 2.05) is 22.7 Å². The van der Waals surface area contributed by atoms with Gasteiger partial charge >= 0.3 is 0 Å². The van der Waals surface area contributed by atoms with E-state index in [2.05, 4.69) is 4.98 Å². The van der Waals surface area contributed by atoms with Crippen LogP contribution in [0.15, 0.2) is 18.3 Å². The smallest absolute Gasteiger partial charge is 0.228 e. The van der Waals surface area contributed by atoms with Gasteiger partial charge in [-0.05, 0) is 12.1 Å². The number of hydrogen-bond donors (Lipinski definition) is 1. The molecule has 4 nitrogen and oxygen atoms in total. The number of carbonyl (C=O) groups is 1. The van der Waals surface area contributed by atoms with Crippen LogP contribution in [0.4, 0.5) is 5.69 Å². The average Bonchev–Trinajstić information content (AvgIpc) is 2.33. The van der Waals surface area contributed by atoms with Crippen LogP contribution >= 0.6 is 11.8 Å². The normalized spacial score (nSPS) is 16.1. The Morgan fingerprint density at radius 1 is 1.44 bits per heavy atom. The number of carbonyl (C=O) groups excluding carboxylic acids is 1. The Balaban J connectivity index is 1.93. The number of nitrogens with two attached hydrogens (primary N) is 1. The molecule has 1 saturated heterocycles. The van der Waals surface area contributed by atoms with Crippen LogP contribution in [0.3, 0.4) is 0 Å². The Morgan fingerprint density at radius 2 is 2.19 bits per heavy atom. The number of hydrogen-bond acceptors (Lipinski definition) is 4. The zero-order chi connectivity index (χ0) is 11.4. The van der Waals surface area contributed by atoms with Gasteiger partial charge in [0.25, 0.3) is 0 Å². The summed E-state index contributed by atoms with van der Waals surface area (Å²) in [5.74, 6) is 2.25. The minimum absolute atomic E-state index is 0.164. The van der Waals surface area contributed by atoms with Crippen LogP contribution in [-0.4, -0.2) is 40.4 Å². The third-order valence-corrected chi connectivity index (χ3v) is 3.49. The third-order valence-electron chi connectivity index (χ3n) is 2.54. The average molecular weight is 237 g/mol. The van der Waals surface area contributed by atoms with Crippen molar-refractivity contribution in [3.8, 4) is 0 Å². The number of aromatic nitrogens is 1. The summed E-state index contributed by atoms with van der Waals surface area (Å²) in [6.07, 6.45) is 1.97. The lowest BCUT2D eigenvalue weighted by Gasteiger charge is -2.26. The highest BCUT2D eigenvalue weighted by Crippen LogP contribution is 2.11. The van der Waals surface area contributed by atoms with E-state index in [-0.39, 0.29) is 5.91 Å². The Bertz CT molecular complexity index is 360. The second kappa shape index (κ2) is 5.21. The molecule has 0 unspecified atom stereocenters.